The van der Waals surface area contributed by atoms with Crippen LogP contribution in [0.1, 0.15) is 79.8 Å². The zero-order chi connectivity index (χ0) is 37.7. The Morgan fingerprint density at radius 2 is 0.885 bits per heavy atom. The van der Waals surface area contributed by atoms with Crippen LogP contribution in [-0.4, -0.2) is 58.0 Å². The monoisotopic (exact) mass is 715 g/mol. The maximum absolute atomic E-state index is 11.1. The second kappa shape index (κ2) is 16.8. The first-order valence-electron chi connectivity index (χ1n) is 17.6. The topological polar surface area (TPSA) is 117 Å². The maximum atomic E-state index is 11.1. The molecule has 10 nitrogen and oxygen atoms in total. The highest BCUT2D eigenvalue weighted by molar-refractivity contribution is 5.48. The predicted octanol–water partition coefficient (Wildman–Crippen LogP) is 7.70. The van der Waals surface area contributed by atoms with Gasteiger partial charge in [0, 0.05) is 12.1 Å². The molecule has 1 saturated heterocycles. The second-order valence-electron chi connectivity index (χ2n) is 13.5. The average molecular weight is 716 g/mol. The Labute approximate surface area is 307 Å². The molecule has 0 bridgehead atoms. The van der Waals surface area contributed by atoms with Gasteiger partial charge >= 0.3 is 0 Å². The third kappa shape index (κ3) is 8.04. The van der Waals surface area contributed by atoms with Gasteiger partial charge in [0.2, 0.25) is 0 Å². The SMILES string of the molecule is COc1ccc(C(O)C(C)Oc2ccc(C3NC(c4ccc(OC(C)C(O)c5ccc(OC)c(OC)c5)c(OC)c4)C(C)C3C)cc2OC)cc1C. The van der Waals surface area contributed by atoms with Gasteiger partial charge in [-0.3, -0.25) is 0 Å². The summed E-state index contributed by atoms with van der Waals surface area (Å²) in [6.07, 6.45) is -2.86. The van der Waals surface area contributed by atoms with E-state index in [2.05, 4.69) is 25.2 Å². The van der Waals surface area contributed by atoms with E-state index in [1.807, 2.05) is 69.3 Å². The Hall–Kier alpha value is -4.64. The van der Waals surface area contributed by atoms with Crippen LogP contribution in [0.15, 0.2) is 72.8 Å². The van der Waals surface area contributed by atoms with Crippen molar-refractivity contribution in [3.63, 3.8) is 0 Å². The van der Waals surface area contributed by atoms with Crippen molar-refractivity contribution in [3.8, 4) is 40.2 Å². The zero-order valence-corrected chi connectivity index (χ0v) is 31.8. The van der Waals surface area contributed by atoms with Crippen LogP contribution in [-0.2, 0) is 0 Å². The standard InChI is InChI=1S/C42H53NO9/c1-23-19-30(13-15-32(23)46-6)41(44)26(4)51-34-17-11-28(20-37(34)49-9)39-24(2)25(3)40(43-39)29-12-18-35(38(21-29)50-10)52-27(5)42(45)31-14-16-33(47-7)36(22-31)48-8/h11-22,24-27,39-45H,1-10H3. The van der Waals surface area contributed by atoms with E-state index in [4.69, 9.17) is 33.2 Å². The number of aryl methyl sites for hydroxylation is 1. The summed E-state index contributed by atoms with van der Waals surface area (Å²) in [5.41, 5.74) is 4.50. The molecule has 5 rings (SSSR count). The van der Waals surface area contributed by atoms with Crippen molar-refractivity contribution < 1.29 is 43.4 Å². The van der Waals surface area contributed by atoms with Gasteiger partial charge in [0.1, 0.15) is 30.2 Å². The second-order valence-corrected chi connectivity index (χ2v) is 13.5. The highest BCUT2D eigenvalue weighted by Crippen LogP contribution is 2.47. The van der Waals surface area contributed by atoms with Crippen LogP contribution < -0.4 is 38.5 Å². The average Bonchev–Trinajstić information content (AvgIpc) is 3.46. The van der Waals surface area contributed by atoms with E-state index >= 15 is 0 Å². The lowest BCUT2D eigenvalue weighted by Gasteiger charge is -2.24. The number of methoxy groups -OCH3 is 5. The summed E-state index contributed by atoms with van der Waals surface area (Å²) in [7, 11) is 8.01. The molecule has 10 heteroatoms. The minimum atomic E-state index is -0.915. The molecule has 0 saturated carbocycles. The molecule has 1 heterocycles. The third-order valence-electron chi connectivity index (χ3n) is 10.4. The van der Waals surface area contributed by atoms with E-state index in [1.165, 1.54) is 0 Å². The Bertz CT molecular complexity index is 1810. The molecular formula is C42H53NO9. The van der Waals surface area contributed by atoms with Crippen LogP contribution in [0.5, 0.6) is 40.2 Å². The Morgan fingerprint density at radius 3 is 1.31 bits per heavy atom. The van der Waals surface area contributed by atoms with Crippen LogP contribution in [0, 0.1) is 18.8 Å². The number of nitrogens with one attached hydrogen (secondary N) is 1. The predicted molar refractivity (Wildman–Crippen MR) is 200 cm³/mol. The van der Waals surface area contributed by atoms with Gasteiger partial charge in [-0.25, -0.2) is 0 Å². The van der Waals surface area contributed by atoms with E-state index in [-0.39, 0.29) is 18.0 Å². The summed E-state index contributed by atoms with van der Waals surface area (Å²) in [4.78, 5) is 0. The first kappa shape index (κ1) is 38.6. The van der Waals surface area contributed by atoms with Gasteiger partial charge in [-0.1, -0.05) is 38.1 Å². The molecule has 0 aliphatic carbocycles. The van der Waals surface area contributed by atoms with Crippen molar-refractivity contribution in [2.24, 2.45) is 11.8 Å². The van der Waals surface area contributed by atoms with Gasteiger partial charge in [0.25, 0.3) is 0 Å². The summed E-state index contributed by atoms with van der Waals surface area (Å²) >= 11 is 0. The number of benzene rings is 4. The molecular weight excluding hydrogens is 662 g/mol. The van der Waals surface area contributed by atoms with Gasteiger partial charge in [-0.2, -0.15) is 0 Å². The first-order valence-corrected chi connectivity index (χ1v) is 17.6. The lowest BCUT2D eigenvalue weighted by atomic mass is 9.85. The lowest BCUT2D eigenvalue weighted by Crippen LogP contribution is -2.23. The fourth-order valence-corrected chi connectivity index (χ4v) is 7.05. The molecule has 4 aromatic carbocycles. The Morgan fingerprint density at radius 1 is 0.500 bits per heavy atom. The van der Waals surface area contributed by atoms with Crippen LogP contribution in [0.2, 0.25) is 0 Å². The molecule has 280 valence electrons. The molecule has 0 amide bonds. The third-order valence-corrected chi connectivity index (χ3v) is 10.4. The lowest BCUT2D eigenvalue weighted by molar-refractivity contribution is 0.0449. The van der Waals surface area contributed by atoms with Gasteiger partial charge in [-0.05, 0) is 109 Å². The molecule has 0 radical (unpaired) electrons. The van der Waals surface area contributed by atoms with Gasteiger partial charge in [0.05, 0.1) is 35.5 Å². The summed E-state index contributed by atoms with van der Waals surface area (Å²) in [5, 5.41) is 26.1. The van der Waals surface area contributed by atoms with Crippen molar-refractivity contribution in [2.75, 3.05) is 35.5 Å². The molecule has 8 unspecified atom stereocenters. The van der Waals surface area contributed by atoms with Gasteiger partial charge in [-0.15, -0.1) is 0 Å². The molecule has 0 spiro atoms. The minimum absolute atomic E-state index is 0.0442. The van der Waals surface area contributed by atoms with Gasteiger partial charge < -0.3 is 48.7 Å². The smallest absolute Gasteiger partial charge is 0.161 e. The zero-order valence-electron chi connectivity index (χ0n) is 31.8. The molecule has 0 aromatic heterocycles. The van der Waals surface area contributed by atoms with E-state index in [0.29, 0.717) is 46.0 Å². The highest BCUT2D eigenvalue weighted by Gasteiger charge is 2.39. The highest BCUT2D eigenvalue weighted by atomic mass is 16.5. The summed E-state index contributed by atoms with van der Waals surface area (Å²) in [6, 6.07) is 22.9. The normalized spacial score (nSPS) is 20.7. The van der Waals surface area contributed by atoms with Crippen LogP contribution >= 0.6 is 0 Å². The number of rotatable bonds is 15. The van der Waals surface area contributed by atoms with Crippen molar-refractivity contribution in [1.82, 2.24) is 5.32 Å². The molecule has 1 aliphatic heterocycles. The summed E-state index contributed by atoms with van der Waals surface area (Å²) in [6.45, 7) is 10.1. The minimum Gasteiger partial charge on any atom is -0.496 e. The number of hydrogen-bond donors (Lipinski definition) is 3. The van der Waals surface area contributed by atoms with E-state index in [0.717, 1.165) is 28.0 Å². The van der Waals surface area contributed by atoms with Crippen molar-refractivity contribution in [3.05, 3.63) is 101 Å². The van der Waals surface area contributed by atoms with E-state index in [1.54, 1.807) is 53.7 Å². The molecule has 4 aromatic rings. The first-order chi connectivity index (χ1) is 24.9. The van der Waals surface area contributed by atoms with E-state index < -0.39 is 24.4 Å². The van der Waals surface area contributed by atoms with Crippen molar-refractivity contribution in [2.45, 2.75) is 71.1 Å². The molecule has 3 N–H and O–H groups in total. The molecule has 8 atom stereocenters. The Kier molecular flexibility index (Phi) is 12.5. The maximum Gasteiger partial charge on any atom is 0.161 e. The fourth-order valence-electron chi connectivity index (χ4n) is 7.05. The summed E-state index contributed by atoms with van der Waals surface area (Å²) < 4.78 is 40.2. The number of ether oxygens (including phenoxy) is 7. The van der Waals surface area contributed by atoms with Crippen molar-refractivity contribution in [1.29, 1.82) is 0 Å². The molecule has 1 fully saturated rings. The van der Waals surface area contributed by atoms with Crippen molar-refractivity contribution >= 4 is 0 Å². The van der Waals surface area contributed by atoms with Crippen LogP contribution in [0.3, 0.4) is 0 Å². The Balaban J connectivity index is 1.29. The fraction of sp³-hybridized carbons (Fsp3) is 0.429. The quantitative estimate of drug-likeness (QED) is 0.113. The van der Waals surface area contributed by atoms with Crippen LogP contribution in [0.4, 0.5) is 0 Å². The summed E-state index contributed by atoms with van der Waals surface area (Å²) in [5.74, 6) is 4.75. The van der Waals surface area contributed by atoms with E-state index in [9.17, 15) is 10.2 Å². The molecule has 1 aliphatic rings. The largest absolute Gasteiger partial charge is 0.496 e. The molecule has 52 heavy (non-hydrogen) atoms. The number of hydrogen-bond acceptors (Lipinski definition) is 10. The number of aliphatic hydroxyl groups is 2. The number of aliphatic hydroxyl groups excluding tert-OH is 2. The van der Waals surface area contributed by atoms with Gasteiger partial charge in [0.15, 0.2) is 34.5 Å². The van der Waals surface area contributed by atoms with Crippen LogP contribution in [0.25, 0.3) is 0 Å².